The molecule has 1 aliphatic carbocycles. The maximum absolute atomic E-state index is 5.53. The molecule has 21 heavy (non-hydrogen) atoms. The van der Waals surface area contributed by atoms with E-state index in [1.807, 2.05) is 0 Å². The van der Waals surface area contributed by atoms with Gasteiger partial charge >= 0.3 is 0 Å². The Morgan fingerprint density at radius 1 is 1.29 bits per heavy atom. The van der Waals surface area contributed by atoms with Crippen LogP contribution in [0.25, 0.3) is 0 Å². The Morgan fingerprint density at radius 2 is 1.95 bits per heavy atom. The van der Waals surface area contributed by atoms with Crippen LogP contribution < -0.4 is 5.32 Å². The van der Waals surface area contributed by atoms with E-state index in [-0.39, 0.29) is 5.92 Å². The molecule has 4 nitrogen and oxygen atoms in total. The standard InChI is InChI=1S/C17H31N3O/c1-6-11-18-13(3)12(2)16-19-15(20-21-16)14-7-9-17(4,5)10-8-14/h12-14,18H,6-11H2,1-5H3. The zero-order chi connectivity index (χ0) is 15.5. The Balaban J connectivity index is 1.95. The largest absolute Gasteiger partial charge is 0.339 e. The third-order valence-electron chi connectivity index (χ3n) is 5.02. The Morgan fingerprint density at radius 3 is 2.57 bits per heavy atom. The van der Waals surface area contributed by atoms with Crippen LogP contribution in [0.1, 0.15) is 90.3 Å². The second-order valence-electron chi connectivity index (χ2n) is 7.46. The van der Waals surface area contributed by atoms with Crippen molar-refractivity contribution in [2.75, 3.05) is 6.54 Å². The summed E-state index contributed by atoms with van der Waals surface area (Å²) in [5.41, 5.74) is 0.481. The van der Waals surface area contributed by atoms with Crippen molar-refractivity contribution in [2.24, 2.45) is 5.41 Å². The summed E-state index contributed by atoms with van der Waals surface area (Å²) < 4.78 is 5.53. The fourth-order valence-corrected chi connectivity index (χ4v) is 3.02. The molecule has 0 aliphatic heterocycles. The number of aromatic nitrogens is 2. The Bertz CT molecular complexity index is 431. The van der Waals surface area contributed by atoms with Crippen molar-refractivity contribution >= 4 is 0 Å². The molecule has 1 aromatic rings. The molecule has 120 valence electrons. The lowest BCUT2D eigenvalue weighted by atomic mass is 9.73. The van der Waals surface area contributed by atoms with Gasteiger partial charge < -0.3 is 9.84 Å². The summed E-state index contributed by atoms with van der Waals surface area (Å²) in [5.74, 6) is 2.46. The van der Waals surface area contributed by atoms with Crippen molar-refractivity contribution in [3.63, 3.8) is 0 Å². The quantitative estimate of drug-likeness (QED) is 0.852. The summed E-state index contributed by atoms with van der Waals surface area (Å²) in [7, 11) is 0. The first-order valence-corrected chi connectivity index (χ1v) is 8.50. The SMILES string of the molecule is CCCNC(C)C(C)c1nc(C2CCC(C)(C)CC2)no1. The van der Waals surface area contributed by atoms with Crippen molar-refractivity contribution in [1.29, 1.82) is 0 Å². The smallest absolute Gasteiger partial charge is 0.231 e. The summed E-state index contributed by atoms with van der Waals surface area (Å²) in [6.45, 7) is 12.3. The van der Waals surface area contributed by atoms with E-state index in [2.05, 4.69) is 45.1 Å². The normalized spacial score (nSPS) is 22.1. The Labute approximate surface area is 129 Å². The number of hydrogen-bond donors (Lipinski definition) is 1. The van der Waals surface area contributed by atoms with Gasteiger partial charge in [-0.15, -0.1) is 0 Å². The van der Waals surface area contributed by atoms with E-state index < -0.39 is 0 Å². The molecule has 1 aliphatic rings. The molecule has 0 saturated heterocycles. The summed E-state index contributed by atoms with van der Waals surface area (Å²) in [5, 5.41) is 7.76. The van der Waals surface area contributed by atoms with Gasteiger partial charge in [-0.3, -0.25) is 0 Å². The molecule has 1 N–H and O–H groups in total. The fourth-order valence-electron chi connectivity index (χ4n) is 3.02. The average Bonchev–Trinajstić information content (AvgIpc) is 2.93. The highest BCUT2D eigenvalue weighted by Crippen LogP contribution is 2.41. The van der Waals surface area contributed by atoms with Gasteiger partial charge in [-0.1, -0.05) is 32.9 Å². The van der Waals surface area contributed by atoms with Gasteiger partial charge in [0.2, 0.25) is 5.89 Å². The van der Waals surface area contributed by atoms with Crippen LogP contribution in [-0.4, -0.2) is 22.7 Å². The highest BCUT2D eigenvalue weighted by molar-refractivity contribution is 5.02. The van der Waals surface area contributed by atoms with E-state index in [9.17, 15) is 0 Å². The zero-order valence-electron chi connectivity index (χ0n) is 14.3. The highest BCUT2D eigenvalue weighted by atomic mass is 16.5. The van der Waals surface area contributed by atoms with E-state index in [4.69, 9.17) is 9.51 Å². The fraction of sp³-hybridized carbons (Fsp3) is 0.882. The highest BCUT2D eigenvalue weighted by Gasteiger charge is 2.31. The van der Waals surface area contributed by atoms with Gasteiger partial charge in [-0.25, -0.2) is 0 Å². The van der Waals surface area contributed by atoms with Gasteiger partial charge in [0.15, 0.2) is 5.82 Å². The molecule has 1 aromatic heterocycles. The molecule has 0 amide bonds. The van der Waals surface area contributed by atoms with E-state index >= 15 is 0 Å². The van der Waals surface area contributed by atoms with Crippen molar-refractivity contribution in [3.05, 3.63) is 11.7 Å². The molecule has 2 rings (SSSR count). The van der Waals surface area contributed by atoms with Gasteiger partial charge in [-0.05, 0) is 51.0 Å². The molecule has 4 heteroatoms. The summed E-state index contributed by atoms with van der Waals surface area (Å²) in [4.78, 5) is 4.69. The summed E-state index contributed by atoms with van der Waals surface area (Å²) in [6.07, 6.45) is 6.02. The molecule has 0 spiro atoms. The first-order chi connectivity index (χ1) is 9.93. The minimum absolute atomic E-state index is 0.262. The monoisotopic (exact) mass is 293 g/mol. The van der Waals surface area contributed by atoms with Crippen LogP contribution >= 0.6 is 0 Å². The number of nitrogens with one attached hydrogen (secondary N) is 1. The van der Waals surface area contributed by atoms with Gasteiger partial charge in [0.05, 0.1) is 5.92 Å². The van der Waals surface area contributed by atoms with Crippen LogP contribution in [0.2, 0.25) is 0 Å². The molecule has 2 unspecified atom stereocenters. The maximum Gasteiger partial charge on any atom is 0.231 e. The molecule has 2 atom stereocenters. The van der Waals surface area contributed by atoms with Crippen molar-refractivity contribution in [2.45, 2.75) is 84.6 Å². The zero-order valence-corrected chi connectivity index (χ0v) is 14.3. The van der Waals surface area contributed by atoms with E-state index in [0.29, 0.717) is 17.4 Å². The van der Waals surface area contributed by atoms with Gasteiger partial charge in [0.25, 0.3) is 0 Å². The van der Waals surface area contributed by atoms with Gasteiger partial charge in [0.1, 0.15) is 0 Å². The van der Waals surface area contributed by atoms with Crippen LogP contribution in [-0.2, 0) is 0 Å². The first kappa shape index (κ1) is 16.5. The first-order valence-electron chi connectivity index (χ1n) is 8.50. The third kappa shape index (κ3) is 4.29. The summed E-state index contributed by atoms with van der Waals surface area (Å²) in [6, 6.07) is 0.364. The molecule has 0 bridgehead atoms. The minimum atomic E-state index is 0.262. The van der Waals surface area contributed by atoms with Gasteiger partial charge in [-0.2, -0.15) is 4.98 Å². The number of nitrogens with zero attached hydrogens (tertiary/aromatic N) is 2. The molecule has 1 saturated carbocycles. The topological polar surface area (TPSA) is 51.0 Å². The van der Waals surface area contributed by atoms with Crippen LogP contribution in [0.5, 0.6) is 0 Å². The average molecular weight is 293 g/mol. The van der Waals surface area contributed by atoms with E-state index in [0.717, 1.165) is 24.7 Å². The van der Waals surface area contributed by atoms with Crippen LogP contribution in [0.4, 0.5) is 0 Å². The van der Waals surface area contributed by atoms with Crippen LogP contribution in [0.15, 0.2) is 4.52 Å². The minimum Gasteiger partial charge on any atom is -0.339 e. The molecule has 0 aromatic carbocycles. The molecule has 1 heterocycles. The molecular weight excluding hydrogens is 262 g/mol. The predicted octanol–water partition coefficient (Wildman–Crippen LogP) is 4.25. The number of rotatable bonds is 6. The van der Waals surface area contributed by atoms with Crippen molar-refractivity contribution < 1.29 is 4.52 Å². The predicted molar refractivity (Wildman–Crippen MR) is 85.5 cm³/mol. The second kappa shape index (κ2) is 6.91. The van der Waals surface area contributed by atoms with Gasteiger partial charge in [0, 0.05) is 12.0 Å². The van der Waals surface area contributed by atoms with Crippen molar-refractivity contribution in [1.82, 2.24) is 15.5 Å². The number of hydrogen-bond acceptors (Lipinski definition) is 4. The molecular formula is C17H31N3O. The third-order valence-corrected chi connectivity index (χ3v) is 5.02. The lowest BCUT2D eigenvalue weighted by Crippen LogP contribution is -2.31. The van der Waals surface area contributed by atoms with Crippen LogP contribution in [0.3, 0.4) is 0 Å². The lowest BCUT2D eigenvalue weighted by molar-refractivity contribution is 0.218. The molecule has 0 radical (unpaired) electrons. The van der Waals surface area contributed by atoms with Crippen molar-refractivity contribution in [3.8, 4) is 0 Å². The lowest BCUT2D eigenvalue weighted by Gasteiger charge is -2.32. The maximum atomic E-state index is 5.53. The van der Waals surface area contributed by atoms with Crippen LogP contribution in [0, 0.1) is 5.41 Å². The van der Waals surface area contributed by atoms with E-state index in [1.165, 1.54) is 25.7 Å². The van der Waals surface area contributed by atoms with E-state index in [1.54, 1.807) is 0 Å². The Hall–Kier alpha value is -0.900. The Kier molecular flexibility index (Phi) is 5.42. The second-order valence-corrected chi connectivity index (χ2v) is 7.46. The summed E-state index contributed by atoms with van der Waals surface area (Å²) >= 11 is 0. The molecule has 1 fully saturated rings.